The van der Waals surface area contributed by atoms with Crippen LogP contribution in [0.5, 0.6) is 0 Å². The van der Waals surface area contributed by atoms with E-state index in [0.29, 0.717) is 19.3 Å². The molecule has 472 valence electrons. The molecule has 0 aliphatic carbocycles. The molecule has 0 heterocycles. The fraction of sp³-hybridized carbons (Fsp3) is 0.675. The molecule has 0 fully saturated rings. The molecule has 0 aromatic rings. The summed E-state index contributed by atoms with van der Waals surface area (Å²) in [5.74, 6) is -0.912. The van der Waals surface area contributed by atoms with Gasteiger partial charge in [0.15, 0.2) is 6.10 Å². The molecule has 0 aromatic carbocycles. The normalized spacial score (nSPS) is 13.0. The van der Waals surface area contributed by atoms with Crippen molar-refractivity contribution >= 4 is 17.9 Å². The van der Waals surface area contributed by atoms with E-state index in [1.165, 1.54) is 122 Å². The molecule has 6 heteroatoms. The Bertz CT molecular complexity index is 1750. The van der Waals surface area contributed by atoms with Gasteiger partial charge in [-0.05, 0) is 135 Å². The topological polar surface area (TPSA) is 78.9 Å². The Morgan fingerprint density at radius 3 is 0.771 bits per heavy atom. The summed E-state index contributed by atoms with van der Waals surface area (Å²) < 4.78 is 16.9. The summed E-state index contributed by atoms with van der Waals surface area (Å²) in [6.45, 7) is 6.46. The van der Waals surface area contributed by atoms with Gasteiger partial charge in [-0.25, -0.2) is 0 Å². The Morgan fingerprint density at radius 2 is 0.482 bits per heavy atom. The number of esters is 3. The minimum atomic E-state index is -0.795. The zero-order valence-electron chi connectivity index (χ0n) is 54.2. The highest BCUT2D eigenvalue weighted by Crippen LogP contribution is 2.16. The molecule has 0 radical (unpaired) electrons. The SMILES string of the molecule is CC/C=C\C/C=C\C/C=C\C/C=C\C/C=C\C/C=C\C/C=C\CCCCCCCCCCCCCCCC(=O)OCC(COC(=O)CCCCCCC/C=C\C/C=C\CCCC)OC(=O)CCCCCCC/C=C\C/C=C\CCCCCC. The highest BCUT2D eigenvalue weighted by atomic mass is 16.6. The highest BCUT2D eigenvalue weighted by Gasteiger charge is 2.19. The van der Waals surface area contributed by atoms with Gasteiger partial charge in [0.25, 0.3) is 0 Å². The van der Waals surface area contributed by atoms with Gasteiger partial charge in [0.2, 0.25) is 0 Å². The summed E-state index contributed by atoms with van der Waals surface area (Å²) in [5.41, 5.74) is 0. The quantitative estimate of drug-likeness (QED) is 0.0261. The maximum atomic E-state index is 12.9. The Labute approximate surface area is 513 Å². The summed E-state index contributed by atoms with van der Waals surface area (Å²) in [4.78, 5) is 38.4. The summed E-state index contributed by atoms with van der Waals surface area (Å²) in [5, 5.41) is 0. The van der Waals surface area contributed by atoms with Crippen molar-refractivity contribution in [3.05, 3.63) is 134 Å². The fourth-order valence-corrected chi connectivity index (χ4v) is 9.41. The van der Waals surface area contributed by atoms with Crippen LogP contribution in [0.3, 0.4) is 0 Å². The van der Waals surface area contributed by atoms with Gasteiger partial charge in [-0.2, -0.15) is 0 Å². The summed E-state index contributed by atoms with van der Waals surface area (Å²) >= 11 is 0. The number of carbonyl (C=O) groups is 3. The molecule has 0 bridgehead atoms. The van der Waals surface area contributed by atoms with Crippen LogP contribution in [0.4, 0.5) is 0 Å². The molecule has 6 nitrogen and oxygen atoms in total. The lowest BCUT2D eigenvalue weighted by molar-refractivity contribution is -0.167. The van der Waals surface area contributed by atoms with E-state index in [1.807, 2.05) is 0 Å². The molecule has 1 unspecified atom stereocenters. The lowest BCUT2D eigenvalue weighted by Crippen LogP contribution is -2.30. The van der Waals surface area contributed by atoms with Crippen LogP contribution in [0.25, 0.3) is 0 Å². The molecule has 0 aliphatic rings. The maximum Gasteiger partial charge on any atom is 0.306 e. The van der Waals surface area contributed by atoms with Crippen LogP contribution >= 0.6 is 0 Å². The smallest absolute Gasteiger partial charge is 0.306 e. The number of carbonyl (C=O) groups excluding carboxylic acids is 3. The van der Waals surface area contributed by atoms with Gasteiger partial charge >= 0.3 is 17.9 Å². The van der Waals surface area contributed by atoms with Crippen molar-refractivity contribution in [3.63, 3.8) is 0 Å². The van der Waals surface area contributed by atoms with Crippen LogP contribution in [0.15, 0.2) is 134 Å². The van der Waals surface area contributed by atoms with Crippen molar-refractivity contribution in [2.24, 2.45) is 0 Å². The third kappa shape index (κ3) is 68.2. The lowest BCUT2D eigenvalue weighted by atomic mass is 10.0. The van der Waals surface area contributed by atoms with Crippen molar-refractivity contribution < 1.29 is 28.6 Å². The van der Waals surface area contributed by atoms with Gasteiger partial charge in [-0.15, -0.1) is 0 Å². The van der Waals surface area contributed by atoms with E-state index in [9.17, 15) is 14.4 Å². The Morgan fingerprint density at radius 1 is 0.253 bits per heavy atom. The van der Waals surface area contributed by atoms with Gasteiger partial charge in [0, 0.05) is 19.3 Å². The molecule has 0 amide bonds. The van der Waals surface area contributed by atoms with E-state index < -0.39 is 6.10 Å². The lowest BCUT2D eigenvalue weighted by Gasteiger charge is -2.18. The summed E-state index contributed by atoms with van der Waals surface area (Å²) in [6, 6.07) is 0. The maximum absolute atomic E-state index is 12.9. The average Bonchev–Trinajstić information content (AvgIpc) is 3.49. The van der Waals surface area contributed by atoms with Gasteiger partial charge in [-0.1, -0.05) is 296 Å². The largest absolute Gasteiger partial charge is 0.462 e. The first kappa shape index (κ1) is 78.5. The third-order valence-corrected chi connectivity index (χ3v) is 14.6. The molecule has 0 rings (SSSR count). The number of hydrogen-bond donors (Lipinski definition) is 0. The minimum absolute atomic E-state index is 0.0899. The van der Waals surface area contributed by atoms with Gasteiger partial charge < -0.3 is 14.2 Å². The van der Waals surface area contributed by atoms with Crippen molar-refractivity contribution in [1.29, 1.82) is 0 Å². The monoisotopic (exact) mass is 1150 g/mol. The standard InChI is InChI=1S/C77H128O6/c1-4-7-10-13-16-19-22-25-28-30-31-32-33-34-35-36-37-38-39-40-41-42-43-44-45-46-47-48-50-52-55-58-61-64-67-70-76(79)82-73-74(72-81-75(78)69-66-63-60-57-54-51-27-24-21-18-15-12-9-6-3)83-77(80)71-68-65-62-59-56-53-49-29-26-23-20-17-14-11-8-5-2/h7,10,15-16,18-20,23-25,27-29,31-32,34-35,37-38,40-41,49,74H,4-6,8-9,11-14,17,21-22,26,30,33,36,39,42-48,50-73H2,1-3H3/b10-7-,18-15-,19-16-,23-20-,27-24-,28-25-,32-31-,35-34-,38-37-,41-40-,49-29-. The van der Waals surface area contributed by atoms with Crippen LogP contribution in [-0.2, 0) is 28.6 Å². The summed E-state index contributed by atoms with van der Waals surface area (Å²) in [7, 11) is 0. The first-order valence-corrected chi connectivity index (χ1v) is 34.7. The van der Waals surface area contributed by atoms with Gasteiger partial charge in [0.05, 0.1) is 0 Å². The predicted octanol–water partition coefficient (Wildman–Crippen LogP) is 24.1. The number of ether oxygens (including phenoxy) is 3. The Kier molecular flexibility index (Phi) is 66.3. The van der Waals surface area contributed by atoms with E-state index in [-0.39, 0.29) is 31.1 Å². The average molecular weight is 1150 g/mol. The van der Waals surface area contributed by atoms with Crippen molar-refractivity contribution in [1.82, 2.24) is 0 Å². The number of unbranched alkanes of at least 4 members (excludes halogenated alkanes) is 29. The molecule has 0 saturated heterocycles. The van der Waals surface area contributed by atoms with Crippen LogP contribution in [0, 0.1) is 0 Å². The molecule has 0 saturated carbocycles. The van der Waals surface area contributed by atoms with Gasteiger partial charge in [-0.3, -0.25) is 14.4 Å². The zero-order chi connectivity index (χ0) is 59.9. The zero-order valence-corrected chi connectivity index (χ0v) is 54.2. The molecule has 83 heavy (non-hydrogen) atoms. The van der Waals surface area contributed by atoms with Gasteiger partial charge in [0.1, 0.15) is 13.2 Å². The fourth-order valence-electron chi connectivity index (χ4n) is 9.41. The Balaban J connectivity index is 4.23. The highest BCUT2D eigenvalue weighted by molar-refractivity contribution is 5.71. The minimum Gasteiger partial charge on any atom is -0.462 e. The van der Waals surface area contributed by atoms with Crippen LogP contribution < -0.4 is 0 Å². The first-order valence-electron chi connectivity index (χ1n) is 34.7. The first-order chi connectivity index (χ1) is 41.0. The van der Waals surface area contributed by atoms with Crippen molar-refractivity contribution in [3.8, 4) is 0 Å². The van der Waals surface area contributed by atoms with Crippen molar-refractivity contribution in [2.75, 3.05) is 13.2 Å². The predicted molar refractivity (Wildman–Crippen MR) is 362 cm³/mol. The summed E-state index contributed by atoms with van der Waals surface area (Å²) in [6.07, 6.45) is 99.0. The second kappa shape index (κ2) is 70.0. The Hall–Kier alpha value is -4.45. The van der Waals surface area contributed by atoms with E-state index in [4.69, 9.17) is 14.2 Å². The molecule has 0 aliphatic heterocycles. The molecule has 0 aromatic heterocycles. The van der Waals surface area contributed by atoms with Crippen LogP contribution in [0.2, 0.25) is 0 Å². The van der Waals surface area contributed by atoms with Crippen LogP contribution in [0.1, 0.15) is 316 Å². The molecule has 1 atom stereocenters. The molecule has 0 N–H and O–H groups in total. The van der Waals surface area contributed by atoms with E-state index in [0.717, 1.165) is 154 Å². The van der Waals surface area contributed by atoms with E-state index >= 15 is 0 Å². The van der Waals surface area contributed by atoms with Crippen molar-refractivity contribution in [2.45, 2.75) is 322 Å². The van der Waals surface area contributed by atoms with E-state index in [2.05, 4.69) is 154 Å². The molecule has 0 spiro atoms. The molecular formula is C77H128O6. The third-order valence-electron chi connectivity index (χ3n) is 14.6. The second-order valence-electron chi connectivity index (χ2n) is 22.7. The van der Waals surface area contributed by atoms with Crippen LogP contribution in [-0.4, -0.2) is 37.2 Å². The second-order valence-corrected chi connectivity index (χ2v) is 22.7. The number of hydrogen-bond acceptors (Lipinski definition) is 6. The number of allylic oxidation sites excluding steroid dienone is 22. The van der Waals surface area contributed by atoms with E-state index in [1.54, 1.807) is 0 Å². The molecular weight excluding hydrogens is 1020 g/mol. The number of rotatable bonds is 62.